The Morgan fingerprint density at radius 1 is 1.26 bits per heavy atom. The van der Waals surface area contributed by atoms with Gasteiger partial charge in [-0.2, -0.15) is 0 Å². The first-order valence-corrected chi connectivity index (χ1v) is 11.0. The molecule has 0 N–H and O–H groups in total. The van der Waals surface area contributed by atoms with Crippen molar-refractivity contribution in [1.82, 2.24) is 24.6 Å². The van der Waals surface area contributed by atoms with E-state index in [0.29, 0.717) is 23.0 Å². The van der Waals surface area contributed by atoms with Crippen molar-refractivity contribution in [1.29, 1.82) is 0 Å². The minimum atomic E-state index is 0.157. The van der Waals surface area contributed by atoms with Crippen LogP contribution in [-0.4, -0.2) is 48.4 Å². The molecule has 0 spiro atoms. The van der Waals surface area contributed by atoms with Gasteiger partial charge < -0.3 is 9.47 Å². The number of hydrogen-bond donors (Lipinski definition) is 0. The van der Waals surface area contributed by atoms with E-state index in [-0.39, 0.29) is 5.91 Å². The van der Waals surface area contributed by atoms with Crippen LogP contribution < -0.4 is 0 Å². The van der Waals surface area contributed by atoms with Crippen molar-refractivity contribution in [2.45, 2.75) is 50.4 Å². The van der Waals surface area contributed by atoms with Crippen LogP contribution in [0.2, 0.25) is 0 Å². The average molecular weight is 448 g/mol. The lowest BCUT2D eigenvalue weighted by molar-refractivity contribution is -0.134. The van der Waals surface area contributed by atoms with Gasteiger partial charge in [0.1, 0.15) is 5.52 Å². The summed E-state index contributed by atoms with van der Waals surface area (Å²) < 4.78 is 3.02. The van der Waals surface area contributed by atoms with Crippen LogP contribution in [0.1, 0.15) is 33.1 Å². The lowest BCUT2D eigenvalue weighted by Crippen LogP contribution is -2.48. The Balaban J connectivity index is 1.57. The number of nitrogens with zero attached hydrogens (tertiary/aromatic N) is 5. The molecule has 3 heterocycles. The summed E-state index contributed by atoms with van der Waals surface area (Å²) in [5.74, 6) is 0.501. The fraction of sp³-hybridized carbons (Fsp3) is 0.474. The van der Waals surface area contributed by atoms with Crippen LogP contribution in [0, 0.1) is 0 Å². The highest BCUT2D eigenvalue weighted by molar-refractivity contribution is 9.10. The number of aryl methyl sites for hydroxylation is 1. The van der Waals surface area contributed by atoms with E-state index in [1.807, 2.05) is 34.7 Å². The van der Waals surface area contributed by atoms with Crippen molar-refractivity contribution in [3.8, 4) is 0 Å². The van der Waals surface area contributed by atoms with E-state index in [2.05, 4.69) is 45.0 Å². The van der Waals surface area contributed by atoms with E-state index in [0.717, 1.165) is 39.4 Å². The smallest absolute Gasteiger partial charge is 0.233 e. The highest BCUT2D eigenvalue weighted by atomic mass is 79.9. The fourth-order valence-corrected chi connectivity index (χ4v) is 5.00. The van der Waals surface area contributed by atoms with Crippen LogP contribution in [0.3, 0.4) is 0 Å². The molecule has 4 rings (SSSR count). The van der Waals surface area contributed by atoms with E-state index in [9.17, 15) is 4.79 Å². The predicted octanol–water partition coefficient (Wildman–Crippen LogP) is 4.16. The van der Waals surface area contributed by atoms with Crippen LogP contribution in [0.5, 0.6) is 0 Å². The molecule has 27 heavy (non-hydrogen) atoms. The second-order valence-corrected chi connectivity index (χ2v) is 9.06. The van der Waals surface area contributed by atoms with Crippen molar-refractivity contribution in [3.63, 3.8) is 0 Å². The largest absolute Gasteiger partial charge is 0.337 e. The molecule has 1 aromatic carbocycles. The maximum absolute atomic E-state index is 12.7. The molecule has 1 aliphatic heterocycles. The highest BCUT2D eigenvalue weighted by Gasteiger charge is 2.28. The second kappa shape index (κ2) is 7.39. The molecular weight excluding hydrogens is 426 g/mol. The standard InChI is InChI=1S/C19H22BrN5OS/c1-11-5-4-6-12(2)25(11)16(26)10-27-19-21-18-17(22-23-19)14-9-13(20)7-8-15(14)24(18)3/h7-9,11-12H,4-6,10H2,1-3H3/t11-,12-/m0/s1. The molecule has 1 saturated heterocycles. The quantitative estimate of drug-likeness (QED) is 0.563. The summed E-state index contributed by atoms with van der Waals surface area (Å²) >= 11 is 4.87. The molecule has 0 saturated carbocycles. The molecule has 0 unspecified atom stereocenters. The molecule has 1 amide bonds. The first-order chi connectivity index (χ1) is 13.0. The van der Waals surface area contributed by atoms with E-state index in [1.54, 1.807) is 0 Å². The van der Waals surface area contributed by atoms with Crippen LogP contribution in [0.4, 0.5) is 0 Å². The fourth-order valence-electron chi connectivity index (χ4n) is 3.99. The molecule has 8 heteroatoms. The summed E-state index contributed by atoms with van der Waals surface area (Å²) in [6.07, 6.45) is 3.35. The highest BCUT2D eigenvalue weighted by Crippen LogP contribution is 2.29. The van der Waals surface area contributed by atoms with Gasteiger partial charge >= 0.3 is 0 Å². The van der Waals surface area contributed by atoms with E-state index < -0.39 is 0 Å². The summed E-state index contributed by atoms with van der Waals surface area (Å²) in [7, 11) is 1.98. The lowest BCUT2D eigenvalue weighted by Gasteiger charge is -2.39. The molecule has 1 fully saturated rings. The molecule has 0 aliphatic carbocycles. The van der Waals surface area contributed by atoms with Gasteiger partial charge in [-0.25, -0.2) is 4.98 Å². The Hall–Kier alpha value is -1.67. The Morgan fingerprint density at radius 3 is 2.74 bits per heavy atom. The molecule has 3 aromatic rings. The number of piperidine rings is 1. The van der Waals surface area contributed by atoms with E-state index >= 15 is 0 Å². The molecule has 6 nitrogen and oxygen atoms in total. The Morgan fingerprint density at radius 2 is 2.00 bits per heavy atom. The van der Waals surface area contributed by atoms with Gasteiger partial charge in [0.25, 0.3) is 0 Å². The van der Waals surface area contributed by atoms with Crippen LogP contribution in [0.25, 0.3) is 22.1 Å². The first kappa shape index (κ1) is 18.7. The molecule has 0 radical (unpaired) electrons. The number of aromatic nitrogens is 4. The first-order valence-electron chi connectivity index (χ1n) is 9.18. The van der Waals surface area contributed by atoms with Gasteiger partial charge in [0.15, 0.2) is 5.65 Å². The summed E-state index contributed by atoms with van der Waals surface area (Å²) in [6.45, 7) is 4.27. The normalized spacial score (nSPS) is 20.5. The van der Waals surface area contributed by atoms with Crippen LogP contribution in [0.15, 0.2) is 27.8 Å². The molecule has 0 bridgehead atoms. The van der Waals surface area contributed by atoms with Gasteiger partial charge in [0.2, 0.25) is 11.1 Å². The molecule has 2 atom stereocenters. The maximum Gasteiger partial charge on any atom is 0.233 e. The van der Waals surface area contributed by atoms with Crippen molar-refractivity contribution in [3.05, 3.63) is 22.7 Å². The zero-order chi connectivity index (χ0) is 19.1. The van der Waals surface area contributed by atoms with E-state index in [4.69, 9.17) is 0 Å². The van der Waals surface area contributed by atoms with Crippen LogP contribution >= 0.6 is 27.7 Å². The Bertz CT molecular complexity index is 1010. The van der Waals surface area contributed by atoms with Gasteiger partial charge in [0, 0.05) is 29.0 Å². The third-order valence-electron chi connectivity index (χ3n) is 5.35. The molecule has 1 aliphatic rings. The number of rotatable bonds is 3. The summed E-state index contributed by atoms with van der Waals surface area (Å²) in [6, 6.07) is 6.69. The number of benzene rings is 1. The van der Waals surface area contributed by atoms with E-state index in [1.165, 1.54) is 18.2 Å². The van der Waals surface area contributed by atoms with Crippen molar-refractivity contribution in [2.24, 2.45) is 7.05 Å². The molecular formula is C19H22BrN5OS. The van der Waals surface area contributed by atoms with Gasteiger partial charge in [-0.3, -0.25) is 4.79 Å². The Kier molecular flexibility index (Phi) is 5.11. The molecule has 2 aromatic heterocycles. The molecule has 142 valence electrons. The number of thioether (sulfide) groups is 1. The van der Waals surface area contributed by atoms with Crippen LogP contribution in [-0.2, 0) is 11.8 Å². The number of carbonyl (C=O) groups excluding carboxylic acids is 1. The number of carbonyl (C=O) groups is 1. The number of hydrogen-bond acceptors (Lipinski definition) is 5. The van der Waals surface area contributed by atoms with Gasteiger partial charge in [0.05, 0.1) is 11.3 Å². The predicted molar refractivity (Wildman–Crippen MR) is 112 cm³/mol. The minimum absolute atomic E-state index is 0.157. The third kappa shape index (κ3) is 3.45. The number of halogens is 1. The maximum atomic E-state index is 12.7. The SMILES string of the molecule is C[C@H]1CCC[C@H](C)N1C(=O)CSc1nnc2c3cc(Br)ccc3n(C)c2n1. The zero-order valence-corrected chi connectivity index (χ0v) is 18.0. The number of amides is 1. The van der Waals surface area contributed by atoms with Gasteiger partial charge in [-0.15, -0.1) is 10.2 Å². The monoisotopic (exact) mass is 447 g/mol. The average Bonchev–Trinajstić information content (AvgIpc) is 2.91. The Labute approximate surface area is 170 Å². The zero-order valence-electron chi connectivity index (χ0n) is 15.6. The summed E-state index contributed by atoms with van der Waals surface area (Å²) in [5, 5.41) is 10.2. The van der Waals surface area contributed by atoms with Gasteiger partial charge in [-0.05, 0) is 51.3 Å². The van der Waals surface area contributed by atoms with Crippen molar-refractivity contribution < 1.29 is 4.79 Å². The number of likely N-dealkylation sites (tertiary alicyclic amines) is 1. The minimum Gasteiger partial charge on any atom is -0.337 e. The van der Waals surface area contributed by atoms with Crippen molar-refractivity contribution in [2.75, 3.05) is 5.75 Å². The third-order valence-corrected chi connectivity index (χ3v) is 6.66. The number of fused-ring (bicyclic) bond motifs is 3. The second-order valence-electron chi connectivity index (χ2n) is 7.21. The van der Waals surface area contributed by atoms with Crippen molar-refractivity contribution >= 4 is 55.7 Å². The summed E-state index contributed by atoms with van der Waals surface area (Å²) in [5.41, 5.74) is 2.62. The topological polar surface area (TPSA) is 63.9 Å². The van der Waals surface area contributed by atoms with Gasteiger partial charge in [-0.1, -0.05) is 27.7 Å². The summed E-state index contributed by atoms with van der Waals surface area (Å²) in [4.78, 5) is 19.4. The lowest BCUT2D eigenvalue weighted by atomic mass is 9.98.